The molecule has 1 unspecified atom stereocenters. The molecule has 1 aliphatic heterocycles. The molecular weight excluding hydrogens is 553 g/mol. The van der Waals surface area contributed by atoms with E-state index in [1.807, 2.05) is 86.6 Å². The highest BCUT2D eigenvalue weighted by molar-refractivity contribution is 5.84. The lowest BCUT2D eigenvalue weighted by Gasteiger charge is -2.34. The summed E-state index contributed by atoms with van der Waals surface area (Å²) in [5, 5.41) is 5.02. The van der Waals surface area contributed by atoms with E-state index < -0.39 is 30.3 Å². The molecule has 1 aliphatic carbocycles. The summed E-state index contributed by atoms with van der Waals surface area (Å²) in [7, 11) is 0. The fourth-order valence-corrected chi connectivity index (χ4v) is 6.47. The molecular formula is C34H35F3N4O2. The summed E-state index contributed by atoms with van der Waals surface area (Å²) in [5.74, 6) is -1.86. The van der Waals surface area contributed by atoms with Crippen LogP contribution < -0.4 is 9.64 Å². The Labute approximate surface area is 249 Å². The van der Waals surface area contributed by atoms with Gasteiger partial charge in [-0.3, -0.25) is 9.48 Å². The van der Waals surface area contributed by atoms with Crippen molar-refractivity contribution in [2.24, 2.45) is 0 Å². The second kappa shape index (κ2) is 11.9. The molecule has 6 rings (SSSR count). The number of hydrogen-bond donors (Lipinski definition) is 0. The molecule has 2 aromatic heterocycles. The minimum Gasteiger partial charge on any atom is -0.475 e. The van der Waals surface area contributed by atoms with E-state index in [2.05, 4.69) is 9.88 Å². The van der Waals surface area contributed by atoms with Crippen LogP contribution in [0.15, 0.2) is 79.0 Å². The number of benzene rings is 2. The Morgan fingerprint density at radius 2 is 1.53 bits per heavy atom. The number of alkyl halides is 3. The molecule has 0 radical (unpaired) electrons. The zero-order valence-electron chi connectivity index (χ0n) is 24.3. The maximum atomic E-state index is 14.6. The smallest absolute Gasteiger partial charge is 0.396 e. The number of fused-ring (bicyclic) bond motifs is 1. The molecule has 0 bridgehead atoms. The van der Waals surface area contributed by atoms with Crippen molar-refractivity contribution in [3.05, 3.63) is 107 Å². The van der Waals surface area contributed by atoms with Crippen molar-refractivity contribution >= 4 is 11.5 Å². The van der Waals surface area contributed by atoms with E-state index in [1.54, 1.807) is 10.9 Å². The van der Waals surface area contributed by atoms with E-state index in [0.29, 0.717) is 43.2 Å². The highest BCUT2D eigenvalue weighted by Gasteiger charge is 2.49. The Hall–Kier alpha value is -4.14. The second-order valence-corrected chi connectivity index (χ2v) is 11.7. The van der Waals surface area contributed by atoms with E-state index >= 15 is 0 Å². The first-order chi connectivity index (χ1) is 20.7. The standard InChI is InChI=1S/C34H35F3N4O2/c1-22(2)43-30-14-13-26(21-38-30)40-17-15-23(16-18-40)32-31-28(34(35,36)37)19-27(42)20-29(31)41(39-32)33(24-9-5-3-6-10-24)25-11-7-4-8-12-25/h3-14,21-23,28,33H,15-20H2,1-2H3. The molecule has 9 heteroatoms. The summed E-state index contributed by atoms with van der Waals surface area (Å²) in [6, 6.07) is 22.7. The zero-order chi connectivity index (χ0) is 30.1. The monoisotopic (exact) mass is 588 g/mol. The minimum atomic E-state index is -4.55. The van der Waals surface area contributed by atoms with Crippen LogP contribution in [0.4, 0.5) is 18.9 Å². The first-order valence-electron chi connectivity index (χ1n) is 14.9. The number of aromatic nitrogens is 3. The number of rotatable bonds is 7. The number of carbonyl (C=O) groups is 1. The number of pyridine rings is 1. The SMILES string of the molecule is CC(C)Oc1ccc(N2CCC(c3nn(C(c4ccccc4)c4ccccc4)c4c3C(C(F)(F)F)CC(=O)C4)CC2)cn1. The molecule has 43 heavy (non-hydrogen) atoms. The Morgan fingerprint density at radius 3 is 2.07 bits per heavy atom. The summed E-state index contributed by atoms with van der Waals surface area (Å²) in [6.07, 6.45) is -2.04. The number of anilines is 1. The van der Waals surface area contributed by atoms with Crippen LogP contribution in [-0.2, 0) is 11.2 Å². The van der Waals surface area contributed by atoms with Crippen LogP contribution in [0.5, 0.6) is 5.88 Å². The molecule has 6 nitrogen and oxygen atoms in total. The van der Waals surface area contributed by atoms with Gasteiger partial charge in [0.25, 0.3) is 0 Å². The van der Waals surface area contributed by atoms with Gasteiger partial charge in [0.1, 0.15) is 11.8 Å². The minimum absolute atomic E-state index is 0.0269. The van der Waals surface area contributed by atoms with Crippen LogP contribution >= 0.6 is 0 Å². The average molecular weight is 589 g/mol. The zero-order valence-corrected chi connectivity index (χ0v) is 24.3. The lowest BCUT2D eigenvalue weighted by atomic mass is 9.79. The summed E-state index contributed by atoms with van der Waals surface area (Å²) >= 11 is 0. The van der Waals surface area contributed by atoms with Crippen molar-refractivity contribution in [3.63, 3.8) is 0 Å². The lowest BCUT2D eigenvalue weighted by Crippen LogP contribution is -2.34. The van der Waals surface area contributed by atoms with Crippen molar-refractivity contribution in [1.82, 2.24) is 14.8 Å². The predicted molar refractivity (Wildman–Crippen MR) is 159 cm³/mol. The highest BCUT2D eigenvalue weighted by Crippen LogP contribution is 2.48. The number of nitrogens with zero attached hydrogens (tertiary/aromatic N) is 4. The first-order valence-corrected chi connectivity index (χ1v) is 14.9. The molecule has 0 N–H and O–H groups in total. The Morgan fingerprint density at radius 1 is 0.907 bits per heavy atom. The van der Waals surface area contributed by atoms with Gasteiger partial charge in [0.05, 0.1) is 35.3 Å². The van der Waals surface area contributed by atoms with Gasteiger partial charge in [0, 0.05) is 43.5 Å². The molecule has 0 amide bonds. The summed E-state index contributed by atoms with van der Waals surface area (Å²) in [4.78, 5) is 19.5. The maximum absolute atomic E-state index is 14.6. The Kier molecular flexibility index (Phi) is 7.99. The van der Waals surface area contributed by atoms with Crippen LogP contribution in [0.3, 0.4) is 0 Å². The summed E-state index contributed by atoms with van der Waals surface area (Å²) in [5.41, 5.74) is 3.84. The highest BCUT2D eigenvalue weighted by atomic mass is 19.4. The van der Waals surface area contributed by atoms with Crippen molar-refractivity contribution < 1.29 is 22.7 Å². The van der Waals surface area contributed by atoms with Crippen LogP contribution in [0.1, 0.15) is 79.1 Å². The summed E-state index contributed by atoms with van der Waals surface area (Å²) in [6.45, 7) is 5.21. The van der Waals surface area contributed by atoms with Crippen molar-refractivity contribution in [2.45, 2.75) is 69.7 Å². The molecule has 3 heterocycles. The molecule has 1 atom stereocenters. The van der Waals surface area contributed by atoms with Gasteiger partial charge in [-0.25, -0.2) is 4.98 Å². The van der Waals surface area contributed by atoms with Gasteiger partial charge < -0.3 is 9.64 Å². The van der Waals surface area contributed by atoms with Gasteiger partial charge >= 0.3 is 6.18 Å². The Bertz CT molecular complexity index is 1510. The number of Topliss-reactive ketones (excluding diaryl/α,β-unsaturated/α-hetero) is 1. The van der Waals surface area contributed by atoms with Gasteiger partial charge in [-0.1, -0.05) is 60.7 Å². The molecule has 2 aromatic carbocycles. The van der Waals surface area contributed by atoms with Crippen LogP contribution in [0.2, 0.25) is 0 Å². The predicted octanol–water partition coefficient (Wildman–Crippen LogP) is 7.25. The normalized spacial score (nSPS) is 17.9. The maximum Gasteiger partial charge on any atom is 0.396 e. The van der Waals surface area contributed by atoms with Gasteiger partial charge in [-0.05, 0) is 43.9 Å². The summed E-state index contributed by atoms with van der Waals surface area (Å²) < 4.78 is 51.1. The molecule has 0 spiro atoms. The quantitative estimate of drug-likeness (QED) is 0.228. The average Bonchev–Trinajstić information content (AvgIpc) is 3.36. The fourth-order valence-electron chi connectivity index (χ4n) is 6.47. The van der Waals surface area contributed by atoms with Crippen LogP contribution in [0.25, 0.3) is 0 Å². The topological polar surface area (TPSA) is 60.2 Å². The van der Waals surface area contributed by atoms with Crippen molar-refractivity contribution in [2.75, 3.05) is 18.0 Å². The number of ether oxygens (including phenoxy) is 1. The van der Waals surface area contributed by atoms with Crippen LogP contribution in [-0.4, -0.2) is 45.9 Å². The number of halogens is 3. The third-order valence-corrected chi connectivity index (χ3v) is 8.42. The molecule has 1 saturated heterocycles. The van der Waals surface area contributed by atoms with Crippen molar-refractivity contribution in [3.8, 4) is 5.88 Å². The Balaban J connectivity index is 1.38. The third kappa shape index (κ3) is 6.03. The van der Waals surface area contributed by atoms with E-state index in [9.17, 15) is 18.0 Å². The van der Waals surface area contributed by atoms with Gasteiger partial charge in [0.15, 0.2) is 0 Å². The molecule has 2 aliphatic rings. The van der Waals surface area contributed by atoms with Gasteiger partial charge in [-0.15, -0.1) is 0 Å². The molecule has 1 fully saturated rings. The van der Waals surface area contributed by atoms with Crippen molar-refractivity contribution in [1.29, 1.82) is 0 Å². The van der Waals surface area contributed by atoms with E-state index in [4.69, 9.17) is 9.84 Å². The van der Waals surface area contributed by atoms with E-state index in [1.165, 1.54) is 0 Å². The number of carbonyl (C=O) groups excluding carboxylic acids is 1. The van der Waals surface area contributed by atoms with Gasteiger partial charge in [-0.2, -0.15) is 18.3 Å². The second-order valence-electron chi connectivity index (χ2n) is 11.7. The lowest BCUT2D eigenvalue weighted by molar-refractivity contribution is -0.158. The molecule has 224 valence electrons. The fraction of sp³-hybridized carbons (Fsp3) is 0.382. The van der Waals surface area contributed by atoms with Crippen LogP contribution in [0, 0.1) is 0 Å². The number of hydrogen-bond acceptors (Lipinski definition) is 5. The number of piperidine rings is 1. The first kappa shape index (κ1) is 29.0. The number of ketones is 1. The van der Waals surface area contributed by atoms with Gasteiger partial charge in [0.2, 0.25) is 5.88 Å². The molecule has 0 saturated carbocycles. The largest absolute Gasteiger partial charge is 0.475 e. The van der Waals surface area contributed by atoms with E-state index in [0.717, 1.165) is 16.8 Å². The molecule has 4 aromatic rings. The van der Waals surface area contributed by atoms with E-state index in [-0.39, 0.29) is 24.0 Å². The third-order valence-electron chi connectivity index (χ3n) is 8.42.